The second-order valence-corrected chi connectivity index (χ2v) is 5.56. The molecule has 108 valence electrons. The number of thiazole rings is 1. The molecule has 0 aliphatic carbocycles. The second kappa shape index (κ2) is 6.82. The fourth-order valence-corrected chi connectivity index (χ4v) is 2.55. The summed E-state index contributed by atoms with van der Waals surface area (Å²) in [4.78, 5) is 25.6. The van der Waals surface area contributed by atoms with Gasteiger partial charge in [-0.05, 0) is 15.9 Å². The Morgan fingerprint density at radius 1 is 1.55 bits per heavy atom. The van der Waals surface area contributed by atoms with Crippen LogP contribution in [0.2, 0.25) is 0 Å². The first-order chi connectivity index (χ1) is 9.61. The van der Waals surface area contributed by atoms with E-state index in [2.05, 4.69) is 31.3 Å². The van der Waals surface area contributed by atoms with E-state index in [1.807, 2.05) is 0 Å². The molecule has 2 aromatic heterocycles. The number of aromatic nitrogens is 3. The maximum Gasteiger partial charge on any atom is 0.304 e. The highest BCUT2D eigenvalue weighted by Crippen LogP contribution is 2.16. The predicted molar refractivity (Wildman–Crippen MR) is 80.3 cm³/mol. The van der Waals surface area contributed by atoms with Gasteiger partial charge in [-0.2, -0.15) is 5.10 Å². The van der Waals surface area contributed by atoms with Crippen molar-refractivity contribution in [2.24, 2.45) is 0 Å². The van der Waals surface area contributed by atoms with Gasteiger partial charge in [0.1, 0.15) is 4.47 Å². The summed E-state index contributed by atoms with van der Waals surface area (Å²) < 4.78 is 6.64. The smallest absolute Gasteiger partial charge is 0.304 e. The molecule has 0 amide bonds. The van der Waals surface area contributed by atoms with Crippen LogP contribution in [0.5, 0.6) is 0 Å². The van der Waals surface area contributed by atoms with Gasteiger partial charge >= 0.3 is 4.87 Å². The molecular weight excluding hydrogens is 348 g/mol. The van der Waals surface area contributed by atoms with E-state index in [4.69, 9.17) is 4.74 Å². The molecule has 2 heterocycles. The fraction of sp³-hybridized carbons (Fsp3) is 0.364. The van der Waals surface area contributed by atoms with Gasteiger partial charge in [0.15, 0.2) is 0 Å². The van der Waals surface area contributed by atoms with Crippen LogP contribution in [-0.4, -0.2) is 28.5 Å². The number of anilines is 1. The lowest BCUT2D eigenvalue weighted by Crippen LogP contribution is -2.26. The quantitative estimate of drug-likeness (QED) is 0.802. The summed E-state index contributed by atoms with van der Waals surface area (Å²) in [6, 6.07) is 0. The van der Waals surface area contributed by atoms with Gasteiger partial charge in [0.25, 0.3) is 5.56 Å². The highest BCUT2D eigenvalue weighted by Gasteiger charge is 2.08. The molecule has 0 radical (unpaired) electrons. The third-order valence-corrected chi connectivity index (χ3v) is 4.02. The SMILES string of the molecule is COCCn1ncc(NCc2csc(=O)[nH]2)c(Br)c1=O. The number of halogens is 1. The molecule has 0 aliphatic heterocycles. The topological polar surface area (TPSA) is 89.0 Å². The van der Waals surface area contributed by atoms with E-state index in [1.54, 1.807) is 18.7 Å². The fourth-order valence-electron chi connectivity index (χ4n) is 1.52. The van der Waals surface area contributed by atoms with Gasteiger partial charge in [0.2, 0.25) is 0 Å². The van der Waals surface area contributed by atoms with Gasteiger partial charge in [-0.3, -0.25) is 9.59 Å². The van der Waals surface area contributed by atoms with Crippen molar-refractivity contribution in [3.8, 4) is 0 Å². The molecule has 0 aliphatic rings. The number of hydrogen-bond donors (Lipinski definition) is 2. The molecule has 7 nitrogen and oxygen atoms in total. The van der Waals surface area contributed by atoms with Gasteiger partial charge in [0.05, 0.1) is 31.6 Å². The molecule has 0 aromatic carbocycles. The number of aromatic amines is 1. The van der Waals surface area contributed by atoms with E-state index in [0.29, 0.717) is 29.9 Å². The maximum absolute atomic E-state index is 12.0. The maximum atomic E-state index is 12.0. The Balaban J connectivity index is 2.11. The van der Waals surface area contributed by atoms with Gasteiger partial charge < -0.3 is 15.0 Å². The number of nitrogens with one attached hydrogen (secondary N) is 2. The van der Waals surface area contributed by atoms with Crippen molar-refractivity contribution in [3.05, 3.63) is 41.8 Å². The zero-order chi connectivity index (χ0) is 14.5. The number of H-pyrrole nitrogens is 1. The Labute approximate surface area is 126 Å². The van der Waals surface area contributed by atoms with Gasteiger partial charge in [-0.25, -0.2) is 4.68 Å². The average molecular weight is 361 g/mol. The van der Waals surface area contributed by atoms with Crippen molar-refractivity contribution in [1.29, 1.82) is 0 Å². The third kappa shape index (κ3) is 3.56. The molecule has 0 saturated heterocycles. The minimum Gasteiger partial charge on any atom is -0.383 e. The summed E-state index contributed by atoms with van der Waals surface area (Å²) in [5.41, 5.74) is 1.11. The van der Waals surface area contributed by atoms with E-state index in [-0.39, 0.29) is 10.4 Å². The van der Waals surface area contributed by atoms with Crippen LogP contribution in [0.3, 0.4) is 0 Å². The first-order valence-electron chi connectivity index (χ1n) is 5.77. The first-order valence-corrected chi connectivity index (χ1v) is 7.44. The largest absolute Gasteiger partial charge is 0.383 e. The number of ether oxygens (including phenoxy) is 1. The summed E-state index contributed by atoms with van der Waals surface area (Å²) in [5.74, 6) is 0. The summed E-state index contributed by atoms with van der Waals surface area (Å²) in [5, 5.41) is 8.84. The van der Waals surface area contributed by atoms with E-state index in [0.717, 1.165) is 17.0 Å². The highest BCUT2D eigenvalue weighted by molar-refractivity contribution is 9.10. The Morgan fingerprint density at radius 2 is 2.35 bits per heavy atom. The molecule has 2 N–H and O–H groups in total. The molecule has 0 bridgehead atoms. The lowest BCUT2D eigenvalue weighted by Gasteiger charge is -2.09. The molecule has 0 fully saturated rings. The predicted octanol–water partition coefficient (Wildman–Crippen LogP) is 1.01. The van der Waals surface area contributed by atoms with Crippen molar-refractivity contribution in [2.75, 3.05) is 19.0 Å². The average Bonchev–Trinajstić information content (AvgIpc) is 2.85. The molecule has 0 saturated carbocycles. The summed E-state index contributed by atoms with van der Waals surface area (Å²) in [6.45, 7) is 1.23. The third-order valence-electron chi connectivity index (χ3n) is 2.53. The molecule has 0 unspecified atom stereocenters. The summed E-state index contributed by atoms with van der Waals surface area (Å²) in [7, 11) is 1.57. The van der Waals surface area contributed by atoms with Crippen molar-refractivity contribution >= 4 is 33.0 Å². The van der Waals surface area contributed by atoms with Crippen molar-refractivity contribution in [1.82, 2.24) is 14.8 Å². The van der Waals surface area contributed by atoms with Crippen molar-refractivity contribution in [2.45, 2.75) is 13.1 Å². The van der Waals surface area contributed by atoms with E-state index < -0.39 is 0 Å². The minimum absolute atomic E-state index is 0.103. The zero-order valence-electron chi connectivity index (χ0n) is 10.7. The van der Waals surface area contributed by atoms with Crippen LogP contribution in [0.4, 0.5) is 5.69 Å². The van der Waals surface area contributed by atoms with E-state index >= 15 is 0 Å². The number of hydrogen-bond acceptors (Lipinski definition) is 6. The normalized spacial score (nSPS) is 10.7. The summed E-state index contributed by atoms with van der Waals surface area (Å²) >= 11 is 4.36. The molecule has 2 aromatic rings. The van der Waals surface area contributed by atoms with E-state index in [9.17, 15) is 9.59 Å². The minimum atomic E-state index is -0.231. The molecule has 0 atom stereocenters. The number of methoxy groups -OCH3 is 1. The van der Waals surface area contributed by atoms with Crippen LogP contribution >= 0.6 is 27.3 Å². The molecule has 0 spiro atoms. The van der Waals surface area contributed by atoms with Gasteiger partial charge in [-0.1, -0.05) is 11.3 Å². The van der Waals surface area contributed by atoms with Crippen molar-refractivity contribution < 1.29 is 4.74 Å². The molecule has 20 heavy (non-hydrogen) atoms. The first kappa shape index (κ1) is 14.9. The van der Waals surface area contributed by atoms with Crippen molar-refractivity contribution in [3.63, 3.8) is 0 Å². The van der Waals surface area contributed by atoms with Crippen LogP contribution in [-0.2, 0) is 17.8 Å². The Kier molecular flexibility index (Phi) is 5.10. The molecular formula is C11H13BrN4O3S. The lowest BCUT2D eigenvalue weighted by atomic mass is 10.4. The van der Waals surface area contributed by atoms with Crippen LogP contribution in [0.1, 0.15) is 5.69 Å². The van der Waals surface area contributed by atoms with E-state index in [1.165, 1.54) is 4.68 Å². The Hall–Kier alpha value is -1.45. The van der Waals surface area contributed by atoms with Crippen LogP contribution in [0, 0.1) is 0 Å². The van der Waals surface area contributed by atoms with Gasteiger partial charge in [0, 0.05) is 18.2 Å². The highest BCUT2D eigenvalue weighted by atomic mass is 79.9. The Bertz CT molecular complexity index is 693. The van der Waals surface area contributed by atoms with Crippen LogP contribution < -0.4 is 15.7 Å². The Morgan fingerprint density at radius 3 is 3.00 bits per heavy atom. The zero-order valence-corrected chi connectivity index (χ0v) is 13.1. The molecule has 9 heteroatoms. The van der Waals surface area contributed by atoms with Crippen LogP contribution in [0.15, 0.2) is 25.6 Å². The second-order valence-electron chi connectivity index (χ2n) is 3.92. The number of rotatable bonds is 6. The van der Waals surface area contributed by atoms with Gasteiger partial charge in [-0.15, -0.1) is 0 Å². The molecule has 2 rings (SSSR count). The lowest BCUT2D eigenvalue weighted by molar-refractivity contribution is 0.181. The number of nitrogens with zero attached hydrogens (tertiary/aromatic N) is 2. The standard InChI is InChI=1S/C11H13BrN4O3S/c1-19-3-2-16-10(17)9(12)8(5-14-16)13-4-7-6-20-11(18)15-7/h5-6,13H,2-4H2,1H3,(H,15,18). The van der Waals surface area contributed by atoms with Crippen LogP contribution in [0.25, 0.3) is 0 Å². The summed E-state index contributed by atoms with van der Waals surface area (Å²) in [6.07, 6.45) is 1.56. The monoisotopic (exact) mass is 360 g/mol.